The van der Waals surface area contributed by atoms with Gasteiger partial charge in [-0.05, 0) is 25.2 Å². The number of carboxylic acid groups (broad SMARTS) is 1. The maximum absolute atomic E-state index is 10.9. The van der Waals surface area contributed by atoms with Gasteiger partial charge in [-0.15, -0.1) is 0 Å². The molecule has 0 aliphatic carbocycles. The topological polar surface area (TPSA) is 86.0 Å². The number of carboxylic acids is 1. The molecule has 3 N–H and O–H groups in total. The lowest BCUT2D eigenvalue weighted by atomic mass is 10.2. The first-order chi connectivity index (χ1) is 6.49. The number of hydrogen-bond acceptors (Lipinski definition) is 3. The fourth-order valence-corrected chi connectivity index (χ4v) is 1.08. The number of rotatable bonds is 2. The largest absolute Gasteiger partial charge is 0.478 e. The van der Waals surface area contributed by atoms with E-state index in [0.717, 1.165) is 0 Å². The van der Waals surface area contributed by atoms with Gasteiger partial charge in [0.1, 0.15) is 0 Å². The molecule has 74 valence electrons. The molecular weight excluding hydrogens is 204 g/mol. The Balaban J connectivity index is 3.22. The molecule has 0 aliphatic rings. The van der Waals surface area contributed by atoms with E-state index in [0.29, 0.717) is 5.69 Å². The van der Waals surface area contributed by atoms with Gasteiger partial charge in [-0.1, -0.05) is 0 Å². The van der Waals surface area contributed by atoms with Crippen molar-refractivity contribution in [2.24, 2.45) is 0 Å². The highest BCUT2D eigenvalue weighted by atomic mass is 32.1. The van der Waals surface area contributed by atoms with Crippen LogP contribution in [-0.2, 0) is 4.79 Å². The molecule has 0 saturated heterocycles. The molecule has 0 aliphatic heterocycles. The fourth-order valence-electron chi connectivity index (χ4n) is 0.860. The molecule has 1 rings (SSSR count). The number of carbonyl (C=O) groups is 1. The zero-order chi connectivity index (χ0) is 10.7. The maximum atomic E-state index is 10.9. The minimum atomic E-state index is -1.04. The molecular formula is C8H8N2O3S. The van der Waals surface area contributed by atoms with Gasteiger partial charge >= 0.3 is 5.97 Å². The van der Waals surface area contributed by atoms with Crippen LogP contribution < -0.4 is 5.56 Å². The van der Waals surface area contributed by atoms with E-state index < -0.39 is 5.97 Å². The Morgan fingerprint density at radius 3 is 2.71 bits per heavy atom. The molecule has 1 aromatic heterocycles. The van der Waals surface area contributed by atoms with Crippen molar-refractivity contribution >= 4 is 24.3 Å². The van der Waals surface area contributed by atoms with Crippen molar-refractivity contribution in [2.45, 2.75) is 6.92 Å². The molecule has 1 aromatic rings. The standard InChI is InChI=1S/C8H8N2O3S/c1-4(7(12)13)2-5-3-6(11)10-8(14)9-5/h2-3H,1H3,(H,12,13)(H2,9,10,11,14)/b4-2+. The Morgan fingerprint density at radius 2 is 2.21 bits per heavy atom. The summed E-state index contributed by atoms with van der Waals surface area (Å²) in [5.74, 6) is -1.04. The Labute approximate surface area is 84.1 Å². The average molecular weight is 212 g/mol. The van der Waals surface area contributed by atoms with Gasteiger partial charge in [0, 0.05) is 17.3 Å². The molecule has 0 aromatic carbocycles. The number of nitrogens with one attached hydrogen (secondary N) is 2. The maximum Gasteiger partial charge on any atom is 0.331 e. The summed E-state index contributed by atoms with van der Waals surface area (Å²) in [5, 5.41) is 8.59. The second-order valence-electron chi connectivity index (χ2n) is 2.68. The number of hydrogen-bond donors (Lipinski definition) is 3. The third-order valence-electron chi connectivity index (χ3n) is 1.49. The quantitative estimate of drug-likeness (QED) is 0.502. The third kappa shape index (κ3) is 2.67. The highest BCUT2D eigenvalue weighted by molar-refractivity contribution is 7.71. The summed E-state index contributed by atoms with van der Waals surface area (Å²) in [4.78, 5) is 26.4. The van der Waals surface area contributed by atoms with Gasteiger partial charge in [0.15, 0.2) is 4.77 Å². The van der Waals surface area contributed by atoms with Crippen LogP contribution in [0.4, 0.5) is 0 Å². The summed E-state index contributed by atoms with van der Waals surface area (Å²) in [5.41, 5.74) is 0.137. The molecule has 1 heterocycles. The Morgan fingerprint density at radius 1 is 1.57 bits per heavy atom. The van der Waals surface area contributed by atoms with E-state index in [-0.39, 0.29) is 15.9 Å². The van der Waals surface area contributed by atoms with Crippen molar-refractivity contribution in [3.05, 3.63) is 32.5 Å². The van der Waals surface area contributed by atoms with Gasteiger partial charge < -0.3 is 10.1 Å². The monoisotopic (exact) mass is 212 g/mol. The highest BCUT2D eigenvalue weighted by Crippen LogP contribution is 2.00. The van der Waals surface area contributed by atoms with Crippen LogP contribution in [0.3, 0.4) is 0 Å². The summed E-state index contributed by atoms with van der Waals surface area (Å²) < 4.78 is 0.168. The van der Waals surface area contributed by atoms with Crippen LogP contribution in [0, 0.1) is 4.77 Å². The average Bonchev–Trinajstić information content (AvgIpc) is 2.01. The molecule has 0 saturated carbocycles. The highest BCUT2D eigenvalue weighted by Gasteiger charge is 2.00. The van der Waals surface area contributed by atoms with E-state index in [9.17, 15) is 9.59 Å². The van der Waals surface area contributed by atoms with E-state index in [1.54, 1.807) is 0 Å². The van der Waals surface area contributed by atoms with Crippen LogP contribution in [0.1, 0.15) is 12.6 Å². The van der Waals surface area contributed by atoms with Gasteiger partial charge in [-0.25, -0.2) is 4.79 Å². The first-order valence-electron chi connectivity index (χ1n) is 3.74. The Hall–Kier alpha value is -1.69. The lowest BCUT2D eigenvalue weighted by molar-refractivity contribution is -0.132. The van der Waals surface area contributed by atoms with Crippen LogP contribution in [0.25, 0.3) is 6.08 Å². The van der Waals surface area contributed by atoms with Crippen LogP contribution >= 0.6 is 12.2 Å². The minimum absolute atomic E-state index is 0.126. The first-order valence-corrected chi connectivity index (χ1v) is 4.15. The van der Waals surface area contributed by atoms with Crippen molar-refractivity contribution in [3.63, 3.8) is 0 Å². The molecule has 5 nitrogen and oxygen atoms in total. The van der Waals surface area contributed by atoms with Crippen LogP contribution in [0.5, 0.6) is 0 Å². The molecule has 0 amide bonds. The number of aromatic nitrogens is 2. The molecule has 0 bridgehead atoms. The molecule has 0 radical (unpaired) electrons. The molecule has 0 fully saturated rings. The molecule has 0 unspecified atom stereocenters. The summed E-state index contributed by atoms with van der Waals surface area (Å²) in [7, 11) is 0. The van der Waals surface area contributed by atoms with Gasteiger partial charge in [0.2, 0.25) is 0 Å². The van der Waals surface area contributed by atoms with E-state index >= 15 is 0 Å². The van der Waals surface area contributed by atoms with Crippen molar-refractivity contribution in [3.8, 4) is 0 Å². The van der Waals surface area contributed by atoms with Crippen molar-refractivity contribution < 1.29 is 9.90 Å². The van der Waals surface area contributed by atoms with Crippen LogP contribution in [0.2, 0.25) is 0 Å². The fraction of sp³-hybridized carbons (Fsp3) is 0.125. The smallest absolute Gasteiger partial charge is 0.331 e. The summed E-state index contributed by atoms with van der Waals surface area (Å²) in [6.45, 7) is 1.43. The third-order valence-corrected chi connectivity index (χ3v) is 1.69. The predicted octanol–water partition coefficient (Wildman–Crippen LogP) is 0.920. The van der Waals surface area contributed by atoms with E-state index in [4.69, 9.17) is 17.3 Å². The van der Waals surface area contributed by atoms with Gasteiger partial charge in [0.25, 0.3) is 5.56 Å². The molecule has 0 spiro atoms. The normalized spacial score (nSPS) is 11.4. The second kappa shape index (κ2) is 4.01. The predicted molar refractivity (Wildman–Crippen MR) is 53.5 cm³/mol. The number of aliphatic carboxylic acids is 1. The zero-order valence-corrected chi connectivity index (χ0v) is 8.14. The Kier molecular flexibility index (Phi) is 2.98. The summed E-state index contributed by atoms with van der Waals surface area (Å²) in [6.07, 6.45) is 1.34. The number of aromatic amines is 2. The van der Waals surface area contributed by atoms with Gasteiger partial charge in [-0.3, -0.25) is 9.78 Å². The molecule has 0 atom stereocenters. The SMILES string of the molecule is C/C(=C\c1cc(=O)[nH]c(=S)[nH]1)C(=O)O. The minimum Gasteiger partial charge on any atom is -0.478 e. The van der Waals surface area contributed by atoms with Gasteiger partial charge in [-0.2, -0.15) is 0 Å². The second-order valence-corrected chi connectivity index (χ2v) is 3.08. The summed E-state index contributed by atoms with van der Waals surface area (Å²) in [6, 6.07) is 1.24. The van der Waals surface area contributed by atoms with Crippen molar-refractivity contribution in [2.75, 3.05) is 0 Å². The Bertz CT molecular complexity index is 470. The first kappa shape index (κ1) is 10.4. The van der Waals surface area contributed by atoms with Crippen molar-refractivity contribution in [1.29, 1.82) is 0 Å². The number of H-pyrrole nitrogens is 2. The van der Waals surface area contributed by atoms with Crippen LogP contribution in [0.15, 0.2) is 16.4 Å². The van der Waals surface area contributed by atoms with Crippen LogP contribution in [-0.4, -0.2) is 21.0 Å². The zero-order valence-electron chi connectivity index (χ0n) is 7.33. The summed E-state index contributed by atoms with van der Waals surface area (Å²) >= 11 is 4.72. The van der Waals surface area contributed by atoms with E-state index in [1.807, 2.05) is 0 Å². The van der Waals surface area contributed by atoms with E-state index in [1.165, 1.54) is 19.1 Å². The lowest BCUT2D eigenvalue weighted by Gasteiger charge is -1.95. The van der Waals surface area contributed by atoms with E-state index in [2.05, 4.69) is 9.97 Å². The lowest BCUT2D eigenvalue weighted by Crippen LogP contribution is -2.07. The molecule has 14 heavy (non-hydrogen) atoms. The van der Waals surface area contributed by atoms with Gasteiger partial charge in [0.05, 0.1) is 0 Å². The molecule has 6 heteroatoms. The van der Waals surface area contributed by atoms with Crippen molar-refractivity contribution in [1.82, 2.24) is 9.97 Å².